The van der Waals surface area contributed by atoms with Crippen molar-refractivity contribution in [3.8, 4) is 5.75 Å². The summed E-state index contributed by atoms with van der Waals surface area (Å²) in [5.74, 6) is 2.73. The zero-order valence-corrected chi connectivity index (χ0v) is 19.3. The maximum Gasteiger partial charge on any atom is 0.202 e. The van der Waals surface area contributed by atoms with Gasteiger partial charge >= 0.3 is 0 Å². The average Bonchev–Trinajstić information content (AvgIpc) is 2.66. The molecule has 2 unspecified atom stereocenters. The average molecular weight is 389 g/mol. The van der Waals surface area contributed by atoms with Gasteiger partial charge in [0.2, 0.25) is 6.29 Å². The van der Waals surface area contributed by atoms with E-state index in [0.717, 1.165) is 18.3 Å². The molecule has 160 valence electrons. The van der Waals surface area contributed by atoms with Crippen molar-refractivity contribution in [2.75, 3.05) is 6.61 Å². The van der Waals surface area contributed by atoms with Crippen LogP contribution < -0.4 is 4.74 Å². The van der Waals surface area contributed by atoms with Crippen molar-refractivity contribution >= 4 is 0 Å². The Morgan fingerprint density at radius 3 is 2.18 bits per heavy atom. The minimum atomic E-state index is -0.161. The van der Waals surface area contributed by atoms with Crippen LogP contribution in [-0.2, 0) is 4.74 Å². The summed E-state index contributed by atoms with van der Waals surface area (Å²) < 4.78 is 12.4. The molecular formula is C26H44O2. The number of ether oxygens (including phenoxy) is 2. The lowest BCUT2D eigenvalue weighted by Gasteiger charge is -2.27. The Balaban J connectivity index is 1.87. The van der Waals surface area contributed by atoms with Crippen LogP contribution in [-0.4, -0.2) is 12.9 Å². The van der Waals surface area contributed by atoms with Crippen molar-refractivity contribution in [2.24, 2.45) is 17.3 Å². The van der Waals surface area contributed by atoms with Crippen LogP contribution in [0.25, 0.3) is 0 Å². The normalized spacial score (nSPS) is 18.2. The second-order valence-corrected chi connectivity index (χ2v) is 10.3. The molecule has 0 aromatic heterocycles. The van der Waals surface area contributed by atoms with Gasteiger partial charge in [-0.2, -0.15) is 0 Å². The Morgan fingerprint density at radius 1 is 1.00 bits per heavy atom. The third-order valence-corrected chi connectivity index (χ3v) is 6.03. The molecule has 0 bridgehead atoms. The minimum absolute atomic E-state index is 0.161. The van der Waals surface area contributed by atoms with Gasteiger partial charge in [-0.25, -0.2) is 0 Å². The molecule has 0 spiro atoms. The summed E-state index contributed by atoms with van der Waals surface area (Å²) in [6.45, 7) is 14.4. The van der Waals surface area contributed by atoms with Gasteiger partial charge < -0.3 is 9.47 Å². The number of rotatable bonds is 10. The van der Waals surface area contributed by atoms with Crippen LogP contribution in [0.2, 0.25) is 0 Å². The van der Waals surface area contributed by atoms with E-state index in [-0.39, 0.29) is 6.29 Å². The zero-order chi connectivity index (χ0) is 20.6. The van der Waals surface area contributed by atoms with Gasteiger partial charge in [-0.1, -0.05) is 85.8 Å². The summed E-state index contributed by atoms with van der Waals surface area (Å²) in [5.41, 5.74) is 1.77. The molecule has 1 aromatic rings. The fourth-order valence-electron chi connectivity index (χ4n) is 4.38. The van der Waals surface area contributed by atoms with E-state index < -0.39 is 0 Å². The van der Waals surface area contributed by atoms with Crippen molar-refractivity contribution < 1.29 is 9.47 Å². The summed E-state index contributed by atoms with van der Waals surface area (Å²) in [7, 11) is 0. The molecule has 2 atom stereocenters. The maximum absolute atomic E-state index is 6.21. The van der Waals surface area contributed by atoms with E-state index in [1.54, 1.807) is 0 Å². The maximum atomic E-state index is 6.21. The van der Waals surface area contributed by atoms with Crippen LogP contribution in [0.4, 0.5) is 0 Å². The highest BCUT2D eigenvalue weighted by atomic mass is 16.7. The SMILES string of the molecule is CCC(CC(C)(C)C)c1ccc(OC(OCCC2CCCCC2)C(C)C)cc1. The van der Waals surface area contributed by atoms with Crippen molar-refractivity contribution in [2.45, 2.75) is 105 Å². The van der Waals surface area contributed by atoms with Gasteiger partial charge in [0.05, 0.1) is 6.61 Å². The van der Waals surface area contributed by atoms with Crippen molar-refractivity contribution in [1.82, 2.24) is 0 Å². The lowest BCUT2D eigenvalue weighted by molar-refractivity contribution is -0.111. The Labute approximate surface area is 174 Å². The van der Waals surface area contributed by atoms with Crippen LogP contribution in [0.15, 0.2) is 24.3 Å². The lowest BCUT2D eigenvalue weighted by atomic mass is 9.80. The standard InChI is InChI=1S/C26H44O2/c1-7-22(19-26(4,5)6)23-13-15-24(16-14-23)28-25(20(2)3)27-18-17-21-11-9-8-10-12-21/h13-16,20-22,25H,7-12,17-19H2,1-6H3. The number of hydrogen-bond donors (Lipinski definition) is 0. The van der Waals surface area contributed by atoms with Crippen LogP contribution >= 0.6 is 0 Å². The predicted molar refractivity (Wildman–Crippen MR) is 120 cm³/mol. The molecule has 1 fully saturated rings. The largest absolute Gasteiger partial charge is 0.465 e. The quantitative estimate of drug-likeness (QED) is 0.378. The predicted octanol–water partition coefficient (Wildman–Crippen LogP) is 7.96. The third kappa shape index (κ3) is 8.15. The molecule has 0 saturated heterocycles. The Morgan fingerprint density at radius 2 is 1.64 bits per heavy atom. The summed E-state index contributed by atoms with van der Waals surface area (Å²) >= 11 is 0. The van der Waals surface area contributed by atoms with Gasteiger partial charge in [0, 0.05) is 5.92 Å². The molecule has 1 saturated carbocycles. The fraction of sp³-hybridized carbons (Fsp3) is 0.769. The molecule has 1 aromatic carbocycles. The molecule has 1 aliphatic carbocycles. The first-order valence-corrected chi connectivity index (χ1v) is 11.7. The first-order valence-electron chi connectivity index (χ1n) is 11.7. The van der Waals surface area contributed by atoms with Gasteiger partial charge in [-0.05, 0) is 54.2 Å². The second-order valence-electron chi connectivity index (χ2n) is 10.3. The zero-order valence-electron chi connectivity index (χ0n) is 19.3. The molecule has 0 radical (unpaired) electrons. The lowest BCUT2D eigenvalue weighted by Crippen LogP contribution is -2.27. The van der Waals surface area contributed by atoms with Gasteiger partial charge in [-0.3, -0.25) is 0 Å². The molecule has 2 heteroatoms. The molecule has 28 heavy (non-hydrogen) atoms. The third-order valence-electron chi connectivity index (χ3n) is 6.03. The molecule has 0 heterocycles. The van der Waals surface area contributed by atoms with Gasteiger partial charge in [-0.15, -0.1) is 0 Å². The van der Waals surface area contributed by atoms with Crippen molar-refractivity contribution in [3.63, 3.8) is 0 Å². The summed E-state index contributed by atoms with van der Waals surface area (Å²) in [4.78, 5) is 0. The van der Waals surface area contributed by atoms with Gasteiger partial charge in [0.1, 0.15) is 5.75 Å². The fourth-order valence-corrected chi connectivity index (χ4v) is 4.38. The van der Waals surface area contributed by atoms with E-state index in [9.17, 15) is 0 Å². The van der Waals surface area contributed by atoms with E-state index in [1.807, 2.05) is 0 Å². The van der Waals surface area contributed by atoms with E-state index in [2.05, 4.69) is 65.8 Å². The summed E-state index contributed by atoms with van der Waals surface area (Å²) in [6, 6.07) is 8.74. The van der Waals surface area contributed by atoms with Crippen LogP contribution in [0, 0.1) is 17.3 Å². The topological polar surface area (TPSA) is 18.5 Å². The van der Waals surface area contributed by atoms with Crippen molar-refractivity contribution in [1.29, 1.82) is 0 Å². The van der Waals surface area contributed by atoms with E-state index in [1.165, 1.54) is 56.9 Å². The Kier molecular flexibility index (Phi) is 9.34. The molecule has 2 rings (SSSR count). The smallest absolute Gasteiger partial charge is 0.202 e. The molecular weight excluding hydrogens is 344 g/mol. The molecule has 0 aliphatic heterocycles. The van der Waals surface area contributed by atoms with Crippen molar-refractivity contribution in [3.05, 3.63) is 29.8 Å². The first-order chi connectivity index (χ1) is 13.3. The minimum Gasteiger partial charge on any atom is -0.465 e. The van der Waals surface area contributed by atoms with Crippen LogP contribution in [0.1, 0.15) is 104 Å². The highest BCUT2D eigenvalue weighted by Crippen LogP contribution is 2.34. The van der Waals surface area contributed by atoms with Crippen LogP contribution in [0.5, 0.6) is 5.75 Å². The summed E-state index contributed by atoms with van der Waals surface area (Å²) in [6.07, 6.45) is 10.4. The molecule has 2 nitrogen and oxygen atoms in total. The van der Waals surface area contributed by atoms with E-state index in [4.69, 9.17) is 9.47 Å². The number of hydrogen-bond acceptors (Lipinski definition) is 2. The molecule has 0 amide bonds. The van der Waals surface area contributed by atoms with Gasteiger partial charge in [0.25, 0.3) is 0 Å². The first kappa shape index (κ1) is 23.3. The Hall–Kier alpha value is -1.02. The highest BCUT2D eigenvalue weighted by molar-refractivity contribution is 5.29. The van der Waals surface area contributed by atoms with Gasteiger partial charge in [0.15, 0.2) is 0 Å². The Bertz CT molecular complexity index is 535. The number of benzene rings is 1. The van der Waals surface area contributed by atoms with E-state index in [0.29, 0.717) is 17.3 Å². The van der Waals surface area contributed by atoms with Crippen LogP contribution in [0.3, 0.4) is 0 Å². The summed E-state index contributed by atoms with van der Waals surface area (Å²) in [5, 5.41) is 0. The second kappa shape index (κ2) is 11.2. The molecule has 0 N–H and O–H groups in total. The highest BCUT2D eigenvalue weighted by Gasteiger charge is 2.20. The molecule has 1 aliphatic rings. The van der Waals surface area contributed by atoms with E-state index >= 15 is 0 Å². The monoisotopic (exact) mass is 388 g/mol.